The monoisotopic (exact) mass is 338 g/mol. The van der Waals surface area contributed by atoms with Crippen LogP contribution >= 0.6 is 0 Å². The molecular weight excluding hydrogens is 312 g/mol. The highest BCUT2D eigenvalue weighted by atomic mass is 16.3. The molecule has 0 aromatic heterocycles. The van der Waals surface area contributed by atoms with Crippen LogP contribution in [0.5, 0.6) is 5.75 Å². The average molecular weight is 338 g/mol. The first-order chi connectivity index (χ1) is 12.1. The lowest BCUT2D eigenvalue weighted by molar-refractivity contribution is -0.130. The summed E-state index contributed by atoms with van der Waals surface area (Å²) >= 11 is 0. The second-order valence-electron chi connectivity index (χ2n) is 6.70. The van der Waals surface area contributed by atoms with Gasteiger partial charge in [-0.25, -0.2) is 0 Å². The molecule has 0 spiro atoms. The number of amides is 1. The summed E-state index contributed by atoms with van der Waals surface area (Å²) in [5.41, 5.74) is 3.27. The van der Waals surface area contributed by atoms with Crippen LogP contribution in [0.15, 0.2) is 48.5 Å². The Morgan fingerprint density at radius 3 is 2.40 bits per heavy atom. The maximum Gasteiger partial charge on any atom is 0.222 e. The Hall–Kier alpha value is -2.49. The predicted octanol–water partition coefficient (Wildman–Crippen LogP) is 3.58. The van der Waals surface area contributed by atoms with Crippen LogP contribution < -0.4 is 4.90 Å². The van der Waals surface area contributed by atoms with E-state index in [0.717, 1.165) is 18.7 Å². The standard InChI is InChI=1S/C21H26N2O2/c1-22(21(25)13-12-17-8-3-5-11-20(17)24)16-18-9-2-4-10-19(18)23-14-6-7-15-23/h2-5,8-11,24H,6-7,12-16H2,1H3. The molecule has 1 aliphatic heterocycles. The lowest BCUT2D eigenvalue weighted by Crippen LogP contribution is -2.28. The maximum absolute atomic E-state index is 12.5. The van der Waals surface area contributed by atoms with Gasteiger partial charge in [0.25, 0.3) is 0 Å². The second kappa shape index (κ2) is 8.06. The molecule has 0 saturated carbocycles. The molecule has 0 radical (unpaired) electrons. The smallest absolute Gasteiger partial charge is 0.222 e. The third-order valence-electron chi connectivity index (χ3n) is 4.87. The number of hydrogen-bond donors (Lipinski definition) is 1. The Kier molecular flexibility index (Phi) is 5.59. The molecule has 2 aromatic carbocycles. The van der Waals surface area contributed by atoms with Gasteiger partial charge in [0.15, 0.2) is 0 Å². The van der Waals surface area contributed by atoms with Crippen LogP contribution in [0.3, 0.4) is 0 Å². The Labute approximate surface area is 149 Å². The number of carbonyl (C=O) groups excluding carboxylic acids is 1. The number of para-hydroxylation sites is 2. The van der Waals surface area contributed by atoms with Crippen LogP contribution in [0.2, 0.25) is 0 Å². The molecule has 25 heavy (non-hydrogen) atoms. The number of aromatic hydroxyl groups is 1. The van der Waals surface area contributed by atoms with Crippen molar-refractivity contribution in [3.05, 3.63) is 59.7 Å². The quantitative estimate of drug-likeness (QED) is 0.875. The summed E-state index contributed by atoms with van der Waals surface area (Å²) in [5.74, 6) is 0.358. The fourth-order valence-electron chi connectivity index (χ4n) is 3.41. The molecule has 2 aromatic rings. The zero-order valence-corrected chi connectivity index (χ0v) is 14.8. The van der Waals surface area contributed by atoms with Gasteiger partial charge in [0.2, 0.25) is 5.91 Å². The summed E-state index contributed by atoms with van der Waals surface area (Å²) < 4.78 is 0. The van der Waals surface area contributed by atoms with Crippen LogP contribution in [0.1, 0.15) is 30.4 Å². The van der Waals surface area contributed by atoms with Crippen molar-refractivity contribution in [2.45, 2.75) is 32.2 Å². The molecule has 1 fully saturated rings. The third-order valence-corrected chi connectivity index (χ3v) is 4.87. The molecule has 1 heterocycles. The number of benzene rings is 2. The molecule has 0 bridgehead atoms. The first-order valence-corrected chi connectivity index (χ1v) is 8.99. The zero-order chi connectivity index (χ0) is 17.6. The van der Waals surface area contributed by atoms with Gasteiger partial charge in [-0.3, -0.25) is 4.79 Å². The number of phenols is 1. The molecule has 1 amide bonds. The van der Waals surface area contributed by atoms with Crippen LogP contribution in [-0.2, 0) is 17.8 Å². The van der Waals surface area contributed by atoms with Crippen LogP contribution in [0.25, 0.3) is 0 Å². The minimum absolute atomic E-state index is 0.0967. The van der Waals surface area contributed by atoms with Crippen LogP contribution in [-0.4, -0.2) is 36.1 Å². The van der Waals surface area contributed by atoms with Crippen molar-refractivity contribution in [3.63, 3.8) is 0 Å². The normalized spacial score (nSPS) is 13.9. The number of anilines is 1. The van der Waals surface area contributed by atoms with E-state index in [9.17, 15) is 9.90 Å². The molecular formula is C21H26N2O2. The number of nitrogens with zero attached hydrogens (tertiary/aromatic N) is 2. The summed E-state index contributed by atoms with van der Waals surface area (Å²) in [4.78, 5) is 16.7. The second-order valence-corrected chi connectivity index (χ2v) is 6.70. The van der Waals surface area contributed by atoms with E-state index in [1.165, 1.54) is 24.1 Å². The first-order valence-electron chi connectivity index (χ1n) is 8.99. The minimum atomic E-state index is 0.0967. The highest BCUT2D eigenvalue weighted by Crippen LogP contribution is 2.25. The lowest BCUT2D eigenvalue weighted by Gasteiger charge is -2.24. The fourth-order valence-corrected chi connectivity index (χ4v) is 3.41. The van der Waals surface area contributed by atoms with Crippen molar-refractivity contribution in [3.8, 4) is 5.75 Å². The Balaban J connectivity index is 1.61. The van der Waals surface area contributed by atoms with E-state index >= 15 is 0 Å². The largest absolute Gasteiger partial charge is 0.508 e. The predicted molar refractivity (Wildman–Crippen MR) is 101 cm³/mol. The number of phenolic OH excluding ortho intramolecular Hbond substituents is 1. The fraction of sp³-hybridized carbons (Fsp3) is 0.381. The van der Waals surface area contributed by atoms with E-state index in [1.807, 2.05) is 25.2 Å². The molecule has 132 valence electrons. The summed E-state index contributed by atoms with van der Waals surface area (Å²) in [6.45, 7) is 2.82. The minimum Gasteiger partial charge on any atom is -0.508 e. The van der Waals surface area contributed by atoms with Gasteiger partial charge in [-0.2, -0.15) is 0 Å². The van der Waals surface area contributed by atoms with Gasteiger partial charge in [0, 0.05) is 38.8 Å². The Morgan fingerprint density at radius 1 is 1.04 bits per heavy atom. The molecule has 4 heteroatoms. The van der Waals surface area contributed by atoms with Gasteiger partial charge in [0.1, 0.15) is 5.75 Å². The summed E-state index contributed by atoms with van der Waals surface area (Å²) in [7, 11) is 1.86. The molecule has 4 nitrogen and oxygen atoms in total. The molecule has 0 atom stereocenters. The summed E-state index contributed by atoms with van der Waals surface area (Å²) in [6, 6.07) is 15.6. The molecule has 1 saturated heterocycles. The topological polar surface area (TPSA) is 43.8 Å². The summed E-state index contributed by atoms with van der Waals surface area (Å²) in [5, 5.41) is 9.82. The van der Waals surface area contributed by atoms with Crippen molar-refractivity contribution in [2.75, 3.05) is 25.0 Å². The van der Waals surface area contributed by atoms with Gasteiger partial charge >= 0.3 is 0 Å². The zero-order valence-electron chi connectivity index (χ0n) is 14.8. The molecule has 1 aliphatic rings. The van der Waals surface area contributed by atoms with Gasteiger partial charge < -0.3 is 14.9 Å². The van der Waals surface area contributed by atoms with E-state index < -0.39 is 0 Å². The summed E-state index contributed by atoms with van der Waals surface area (Å²) in [6.07, 6.45) is 3.44. The first kappa shape index (κ1) is 17.3. The lowest BCUT2D eigenvalue weighted by atomic mass is 10.1. The van der Waals surface area contributed by atoms with Gasteiger partial charge in [-0.15, -0.1) is 0 Å². The Morgan fingerprint density at radius 2 is 1.68 bits per heavy atom. The van der Waals surface area contributed by atoms with Crippen molar-refractivity contribution in [1.29, 1.82) is 0 Å². The molecule has 0 unspecified atom stereocenters. The Bertz CT molecular complexity index is 723. The van der Waals surface area contributed by atoms with E-state index in [1.54, 1.807) is 17.0 Å². The van der Waals surface area contributed by atoms with Crippen molar-refractivity contribution >= 4 is 11.6 Å². The van der Waals surface area contributed by atoms with Gasteiger partial charge in [-0.05, 0) is 42.5 Å². The van der Waals surface area contributed by atoms with E-state index in [0.29, 0.717) is 19.4 Å². The van der Waals surface area contributed by atoms with E-state index in [4.69, 9.17) is 0 Å². The van der Waals surface area contributed by atoms with Crippen molar-refractivity contribution in [1.82, 2.24) is 4.90 Å². The van der Waals surface area contributed by atoms with Crippen LogP contribution in [0.4, 0.5) is 5.69 Å². The molecule has 0 aliphatic carbocycles. The average Bonchev–Trinajstić information content (AvgIpc) is 3.15. The van der Waals surface area contributed by atoms with Crippen LogP contribution in [0, 0.1) is 0 Å². The molecule has 3 rings (SSSR count). The third kappa shape index (κ3) is 4.32. The maximum atomic E-state index is 12.5. The number of aryl methyl sites for hydroxylation is 1. The molecule has 1 N–H and O–H groups in total. The van der Waals surface area contributed by atoms with Crippen molar-refractivity contribution in [2.24, 2.45) is 0 Å². The van der Waals surface area contributed by atoms with Gasteiger partial charge in [0.05, 0.1) is 0 Å². The van der Waals surface area contributed by atoms with Gasteiger partial charge in [-0.1, -0.05) is 36.4 Å². The number of hydrogen-bond acceptors (Lipinski definition) is 3. The SMILES string of the molecule is CN(Cc1ccccc1N1CCCC1)C(=O)CCc1ccccc1O. The van der Waals surface area contributed by atoms with E-state index in [-0.39, 0.29) is 11.7 Å². The van der Waals surface area contributed by atoms with Crippen molar-refractivity contribution < 1.29 is 9.90 Å². The number of carbonyl (C=O) groups is 1. The highest BCUT2D eigenvalue weighted by Gasteiger charge is 2.17. The highest BCUT2D eigenvalue weighted by molar-refractivity contribution is 5.76. The van der Waals surface area contributed by atoms with E-state index in [2.05, 4.69) is 23.1 Å². The number of rotatable bonds is 6.